The molecule has 0 unspecified atom stereocenters. The fourth-order valence-electron chi connectivity index (χ4n) is 4.09. The molecule has 0 saturated carbocycles. The zero-order valence-corrected chi connectivity index (χ0v) is 19.5. The summed E-state index contributed by atoms with van der Waals surface area (Å²) in [6.07, 6.45) is 6.01. The van der Waals surface area contributed by atoms with Gasteiger partial charge in [-0.25, -0.2) is 12.7 Å². The van der Waals surface area contributed by atoms with E-state index in [1.54, 1.807) is 31.2 Å². The Balaban J connectivity index is 1.97. The molecule has 2 aliphatic rings. The highest BCUT2D eigenvalue weighted by atomic mass is 32.2. The predicted molar refractivity (Wildman–Crippen MR) is 118 cm³/mol. The third kappa shape index (κ3) is 4.90. The molecule has 33 heavy (non-hydrogen) atoms. The van der Waals surface area contributed by atoms with E-state index in [9.17, 15) is 27.6 Å². The number of amides is 2. The van der Waals surface area contributed by atoms with Gasteiger partial charge < -0.3 is 9.64 Å². The number of aryl methyl sites for hydroxylation is 1. The SMILES string of the molecule is CC(=O)OCCCN1C(=O)[C@@H](N(C(C)=O)S(=O)(=O)c2ccc(C)cc2)CC12C=CC(=O)C=C2. The van der Waals surface area contributed by atoms with Crippen molar-refractivity contribution < 1.29 is 32.3 Å². The van der Waals surface area contributed by atoms with E-state index < -0.39 is 39.4 Å². The van der Waals surface area contributed by atoms with Crippen molar-refractivity contribution >= 4 is 33.6 Å². The lowest BCUT2D eigenvalue weighted by Crippen LogP contribution is -2.48. The van der Waals surface area contributed by atoms with Crippen LogP contribution in [-0.2, 0) is 33.9 Å². The van der Waals surface area contributed by atoms with E-state index in [-0.39, 0.29) is 30.3 Å². The third-order valence-electron chi connectivity index (χ3n) is 5.65. The average Bonchev–Trinajstić information content (AvgIpc) is 2.99. The van der Waals surface area contributed by atoms with Crippen LogP contribution in [0.2, 0.25) is 0 Å². The number of benzene rings is 1. The van der Waals surface area contributed by atoms with Crippen LogP contribution in [0.4, 0.5) is 0 Å². The first-order valence-electron chi connectivity index (χ1n) is 10.5. The van der Waals surface area contributed by atoms with Crippen molar-refractivity contribution in [3.8, 4) is 0 Å². The Bertz CT molecular complexity index is 1120. The maximum atomic E-state index is 13.5. The molecule has 1 heterocycles. The lowest BCUT2D eigenvalue weighted by molar-refractivity contribution is -0.141. The van der Waals surface area contributed by atoms with Crippen LogP contribution in [0.25, 0.3) is 0 Å². The number of hydrogen-bond donors (Lipinski definition) is 0. The number of carbonyl (C=O) groups excluding carboxylic acids is 4. The molecular formula is C23H26N2O7S. The lowest BCUT2D eigenvalue weighted by Gasteiger charge is -2.34. The quantitative estimate of drug-likeness (QED) is 0.434. The fourth-order valence-corrected chi connectivity index (χ4v) is 5.64. The van der Waals surface area contributed by atoms with Gasteiger partial charge in [-0.2, -0.15) is 0 Å². The van der Waals surface area contributed by atoms with Gasteiger partial charge in [-0.15, -0.1) is 0 Å². The monoisotopic (exact) mass is 474 g/mol. The molecule has 1 aliphatic carbocycles. The molecular weight excluding hydrogens is 448 g/mol. The number of ketones is 1. The Morgan fingerprint density at radius 1 is 1.12 bits per heavy atom. The Morgan fingerprint density at radius 2 is 1.73 bits per heavy atom. The summed E-state index contributed by atoms with van der Waals surface area (Å²) in [5.74, 6) is -2.06. The number of ether oxygens (including phenoxy) is 1. The summed E-state index contributed by atoms with van der Waals surface area (Å²) in [6.45, 7) is 4.40. The first-order valence-corrected chi connectivity index (χ1v) is 11.9. The van der Waals surface area contributed by atoms with Crippen molar-refractivity contribution in [2.24, 2.45) is 0 Å². The summed E-state index contributed by atoms with van der Waals surface area (Å²) >= 11 is 0. The second-order valence-corrected chi connectivity index (χ2v) is 9.91. The van der Waals surface area contributed by atoms with Crippen LogP contribution in [0.3, 0.4) is 0 Å². The summed E-state index contributed by atoms with van der Waals surface area (Å²) in [4.78, 5) is 50.1. The minimum atomic E-state index is -4.31. The fraction of sp³-hybridized carbons (Fsp3) is 0.391. The highest BCUT2D eigenvalue weighted by Gasteiger charge is 2.53. The standard InChI is InChI=1S/C23H26N2O7S/c1-16-5-7-20(8-6-16)33(30,31)25(17(2)26)21-15-23(11-9-19(28)10-12-23)24(22(21)29)13-4-14-32-18(3)27/h5-12,21H,4,13-15H2,1-3H3/t21-/m0/s1. The molecule has 2 amide bonds. The third-order valence-corrected chi connectivity index (χ3v) is 7.55. The molecule has 0 aromatic heterocycles. The number of likely N-dealkylation sites (tertiary alicyclic amines) is 1. The van der Waals surface area contributed by atoms with E-state index in [2.05, 4.69) is 0 Å². The molecule has 0 bridgehead atoms. The number of rotatable bonds is 7. The molecule has 10 heteroatoms. The Hall–Kier alpha value is -3.27. The van der Waals surface area contributed by atoms with E-state index in [4.69, 9.17) is 4.74 Å². The van der Waals surface area contributed by atoms with Gasteiger partial charge in [0.15, 0.2) is 5.78 Å². The van der Waals surface area contributed by atoms with Crippen molar-refractivity contribution in [2.45, 2.75) is 50.1 Å². The van der Waals surface area contributed by atoms with Gasteiger partial charge in [0.25, 0.3) is 10.0 Å². The minimum absolute atomic E-state index is 0.0374. The number of sulfonamides is 1. The average molecular weight is 475 g/mol. The highest BCUT2D eigenvalue weighted by Crippen LogP contribution is 2.39. The summed E-state index contributed by atoms with van der Waals surface area (Å²) in [5, 5.41) is 0. The molecule has 1 aromatic rings. The smallest absolute Gasteiger partial charge is 0.302 e. The van der Waals surface area contributed by atoms with Gasteiger partial charge in [0.2, 0.25) is 11.8 Å². The zero-order chi connectivity index (χ0) is 24.4. The van der Waals surface area contributed by atoms with Crippen molar-refractivity contribution in [1.82, 2.24) is 9.21 Å². The largest absolute Gasteiger partial charge is 0.466 e. The molecule has 9 nitrogen and oxygen atoms in total. The molecule has 1 fully saturated rings. The maximum Gasteiger partial charge on any atom is 0.302 e. The molecule has 0 N–H and O–H groups in total. The topological polar surface area (TPSA) is 118 Å². The number of hydrogen-bond acceptors (Lipinski definition) is 7. The predicted octanol–water partition coefficient (Wildman–Crippen LogP) is 1.52. The van der Waals surface area contributed by atoms with E-state index in [0.717, 1.165) is 12.5 Å². The summed E-state index contributed by atoms with van der Waals surface area (Å²) in [7, 11) is -4.31. The molecule has 176 valence electrons. The minimum Gasteiger partial charge on any atom is -0.466 e. The van der Waals surface area contributed by atoms with Gasteiger partial charge in [-0.05, 0) is 37.6 Å². The van der Waals surface area contributed by atoms with Crippen molar-refractivity contribution in [2.75, 3.05) is 13.2 Å². The van der Waals surface area contributed by atoms with Gasteiger partial charge in [0.05, 0.1) is 17.0 Å². The van der Waals surface area contributed by atoms with Crippen molar-refractivity contribution in [1.29, 1.82) is 0 Å². The van der Waals surface area contributed by atoms with Gasteiger partial charge in [0.1, 0.15) is 6.04 Å². The number of nitrogens with zero attached hydrogens (tertiary/aromatic N) is 2. The zero-order valence-electron chi connectivity index (χ0n) is 18.7. The molecule has 3 rings (SSSR count). The van der Waals surface area contributed by atoms with Crippen LogP contribution in [0.1, 0.15) is 32.3 Å². The van der Waals surface area contributed by atoms with E-state index >= 15 is 0 Å². The number of allylic oxidation sites excluding steroid dienone is 2. The lowest BCUT2D eigenvalue weighted by atomic mass is 9.89. The van der Waals surface area contributed by atoms with Crippen LogP contribution in [0.15, 0.2) is 53.5 Å². The number of carbonyl (C=O) groups is 4. The summed E-state index contributed by atoms with van der Waals surface area (Å²) < 4.78 is 32.3. The van der Waals surface area contributed by atoms with Crippen LogP contribution < -0.4 is 0 Å². The number of esters is 1. The molecule has 1 aliphatic heterocycles. The van der Waals surface area contributed by atoms with Gasteiger partial charge in [-0.3, -0.25) is 19.2 Å². The normalized spacial score (nSPS) is 19.2. The van der Waals surface area contributed by atoms with Crippen molar-refractivity contribution in [3.63, 3.8) is 0 Å². The summed E-state index contributed by atoms with van der Waals surface area (Å²) in [5.41, 5.74) is -0.220. The van der Waals surface area contributed by atoms with Crippen LogP contribution in [-0.4, -0.2) is 65.9 Å². The van der Waals surface area contributed by atoms with E-state index in [0.29, 0.717) is 10.7 Å². The van der Waals surface area contributed by atoms with Gasteiger partial charge in [-0.1, -0.05) is 29.8 Å². The maximum absolute atomic E-state index is 13.5. The molecule has 1 spiro atoms. The van der Waals surface area contributed by atoms with Gasteiger partial charge >= 0.3 is 5.97 Å². The van der Waals surface area contributed by atoms with Crippen LogP contribution in [0.5, 0.6) is 0 Å². The van der Waals surface area contributed by atoms with E-state index in [1.807, 2.05) is 0 Å². The molecule has 1 aromatic carbocycles. The highest BCUT2D eigenvalue weighted by molar-refractivity contribution is 7.89. The molecule has 0 radical (unpaired) electrons. The Labute approximate surface area is 192 Å². The van der Waals surface area contributed by atoms with E-state index in [1.165, 1.54) is 36.1 Å². The summed E-state index contributed by atoms with van der Waals surface area (Å²) in [6, 6.07) is 4.73. The van der Waals surface area contributed by atoms with Crippen LogP contribution in [0, 0.1) is 6.92 Å². The second kappa shape index (κ2) is 9.30. The first-order chi connectivity index (χ1) is 15.5. The molecule has 1 saturated heterocycles. The second-order valence-electron chi connectivity index (χ2n) is 8.10. The van der Waals surface area contributed by atoms with Crippen LogP contribution >= 0.6 is 0 Å². The first kappa shape index (κ1) is 24.4. The Kier molecular flexibility index (Phi) is 6.87. The molecule has 1 atom stereocenters. The van der Waals surface area contributed by atoms with Gasteiger partial charge in [0, 0.05) is 26.8 Å². The Morgan fingerprint density at radius 3 is 2.27 bits per heavy atom. The van der Waals surface area contributed by atoms with Crippen molar-refractivity contribution in [3.05, 3.63) is 54.1 Å².